The molecule has 0 atom stereocenters. The largest absolute Gasteiger partial charge is 0.457 e. The van der Waals surface area contributed by atoms with E-state index in [1.54, 1.807) is 12.4 Å². The highest BCUT2D eigenvalue weighted by Gasteiger charge is 2.10. The molecule has 0 spiro atoms. The van der Waals surface area contributed by atoms with Crippen molar-refractivity contribution in [3.05, 3.63) is 30.3 Å². The van der Waals surface area contributed by atoms with Crippen LogP contribution in [0.2, 0.25) is 0 Å². The molecule has 0 aliphatic heterocycles. The SMILES string of the molecule is NCc1ccc(-c2nc3nccnc3s2)o1. The second kappa shape index (κ2) is 3.66. The van der Waals surface area contributed by atoms with Gasteiger partial charge in [-0.15, -0.1) is 0 Å². The molecule has 3 aromatic rings. The normalized spacial score (nSPS) is 11.1. The summed E-state index contributed by atoms with van der Waals surface area (Å²) in [5, 5.41) is 0.779. The molecule has 6 heteroatoms. The first kappa shape index (κ1) is 9.44. The molecular weight excluding hydrogens is 224 g/mol. The Kier molecular flexibility index (Phi) is 2.16. The predicted molar refractivity (Wildman–Crippen MR) is 60.8 cm³/mol. The number of nitrogens with two attached hydrogens (primary N) is 1. The Bertz CT molecular complexity index is 597. The number of nitrogens with zero attached hydrogens (tertiary/aromatic N) is 3. The summed E-state index contributed by atoms with van der Waals surface area (Å²) in [5.74, 6) is 1.46. The van der Waals surface area contributed by atoms with E-state index < -0.39 is 0 Å². The van der Waals surface area contributed by atoms with Crippen molar-refractivity contribution >= 4 is 21.8 Å². The van der Waals surface area contributed by atoms with Crippen LogP contribution in [0.5, 0.6) is 0 Å². The minimum Gasteiger partial charge on any atom is -0.457 e. The van der Waals surface area contributed by atoms with Gasteiger partial charge in [-0.3, -0.25) is 0 Å². The number of furan rings is 1. The summed E-state index contributed by atoms with van der Waals surface area (Å²) in [6.07, 6.45) is 3.27. The molecule has 3 rings (SSSR count). The minimum atomic E-state index is 0.390. The van der Waals surface area contributed by atoms with Gasteiger partial charge in [-0.2, -0.15) is 0 Å². The zero-order valence-electron chi connectivity index (χ0n) is 8.25. The lowest BCUT2D eigenvalue weighted by molar-refractivity contribution is 0.525. The molecule has 3 aromatic heterocycles. The van der Waals surface area contributed by atoms with Crippen LogP contribution in [0.4, 0.5) is 0 Å². The van der Waals surface area contributed by atoms with Gasteiger partial charge in [0.2, 0.25) is 0 Å². The van der Waals surface area contributed by atoms with Gasteiger partial charge in [0.05, 0.1) is 6.54 Å². The third-order valence-electron chi connectivity index (χ3n) is 2.12. The molecule has 16 heavy (non-hydrogen) atoms. The van der Waals surface area contributed by atoms with E-state index in [1.807, 2.05) is 12.1 Å². The molecule has 0 unspecified atom stereocenters. The van der Waals surface area contributed by atoms with Crippen molar-refractivity contribution < 1.29 is 4.42 Å². The van der Waals surface area contributed by atoms with Crippen molar-refractivity contribution in [2.45, 2.75) is 6.54 Å². The number of aromatic nitrogens is 3. The average Bonchev–Trinajstić information content (AvgIpc) is 2.95. The van der Waals surface area contributed by atoms with Crippen LogP contribution < -0.4 is 5.73 Å². The number of hydrogen-bond acceptors (Lipinski definition) is 6. The fourth-order valence-electron chi connectivity index (χ4n) is 1.39. The third-order valence-corrected chi connectivity index (χ3v) is 3.09. The van der Waals surface area contributed by atoms with Crippen LogP contribution in [0.3, 0.4) is 0 Å². The highest BCUT2D eigenvalue weighted by atomic mass is 32.1. The lowest BCUT2D eigenvalue weighted by Gasteiger charge is -1.88. The lowest BCUT2D eigenvalue weighted by Crippen LogP contribution is -1.92. The molecule has 5 nitrogen and oxygen atoms in total. The number of hydrogen-bond donors (Lipinski definition) is 1. The van der Waals surface area contributed by atoms with E-state index in [2.05, 4.69) is 15.0 Å². The third kappa shape index (κ3) is 1.48. The van der Waals surface area contributed by atoms with Gasteiger partial charge < -0.3 is 10.2 Å². The Balaban J connectivity index is 2.11. The molecule has 0 aromatic carbocycles. The van der Waals surface area contributed by atoms with E-state index in [0.717, 1.165) is 15.6 Å². The molecule has 0 saturated heterocycles. The van der Waals surface area contributed by atoms with Crippen LogP contribution in [0.25, 0.3) is 21.2 Å². The Labute approximate surface area is 95.0 Å². The maximum atomic E-state index is 5.52. The topological polar surface area (TPSA) is 77.8 Å². The first-order valence-electron chi connectivity index (χ1n) is 4.73. The van der Waals surface area contributed by atoms with Crippen LogP contribution in [-0.2, 0) is 6.54 Å². The molecule has 80 valence electrons. The van der Waals surface area contributed by atoms with E-state index in [4.69, 9.17) is 10.2 Å². The maximum Gasteiger partial charge on any atom is 0.190 e. The van der Waals surface area contributed by atoms with Gasteiger partial charge in [0.1, 0.15) is 5.76 Å². The summed E-state index contributed by atoms with van der Waals surface area (Å²) in [7, 11) is 0. The first-order chi connectivity index (χ1) is 7.86. The molecular formula is C10H8N4OS. The fourth-order valence-corrected chi connectivity index (χ4v) is 2.21. The van der Waals surface area contributed by atoms with Gasteiger partial charge in [-0.1, -0.05) is 11.3 Å². The van der Waals surface area contributed by atoms with Gasteiger partial charge in [0, 0.05) is 12.4 Å². The van der Waals surface area contributed by atoms with Gasteiger partial charge in [-0.25, -0.2) is 15.0 Å². The second-order valence-electron chi connectivity index (χ2n) is 3.17. The Morgan fingerprint density at radius 1 is 1.25 bits per heavy atom. The summed E-state index contributed by atoms with van der Waals surface area (Å²) in [5.41, 5.74) is 6.13. The first-order valence-corrected chi connectivity index (χ1v) is 5.55. The van der Waals surface area contributed by atoms with Crippen molar-refractivity contribution in [1.29, 1.82) is 0 Å². The summed E-state index contributed by atoms with van der Waals surface area (Å²) in [6.45, 7) is 0.390. The Morgan fingerprint density at radius 2 is 2.12 bits per heavy atom. The van der Waals surface area contributed by atoms with Gasteiger partial charge in [-0.05, 0) is 12.1 Å². The lowest BCUT2D eigenvalue weighted by atomic mass is 10.4. The Hall–Kier alpha value is -1.79. The quantitative estimate of drug-likeness (QED) is 0.729. The molecule has 0 radical (unpaired) electrons. The van der Waals surface area contributed by atoms with Gasteiger partial charge >= 0.3 is 0 Å². The smallest absolute Gasteiger partial charge is 0.190 e. The van der Waals surface area contributed by atoms with Gasteiger partial charge in [0.15, 0.2) is 21.2 Å². The molecule has 0 amide bonds. The van der Waals surface area contributed by atoms with Crippen molar-refractivity contribution in [3.8, 4) is 10.8 Å². The van der Waals surface area contributed by atoms with E-state index >= 15 is 0 Å². The molecule has 2 N–H and O–H groups in total. The monoisotopic (exact) mass is 232 g/mol. The summed E-state index contributed by atoms with van der Waals surface area (Å²) in [6, 6.07) is 3.71. The summed E-state index contributed by atoms with van der Waals surface area (Å²) in [4.78, 5) is 13.5. The molecule has 0 bridgehead atoms. The van der Waals surface area contributed by atoms with E-state index in [-0.39, 0.29) is 0 Å². The van der Waals surface area contributed by atoms with Crippen molar-refractivity contribution in [2.24, 2.45) is 5.73 Å². The number of fused-ring (bicyclic) bond motifs is 1. The van der Waals surface area contributed by atoms with Crippen LogP contribution in [0.15, 0.2) is 28.9 Å². The Morgan fingerprint density at radius 3 is 2.88 bits per heavy atom. The number of thiazole rings is 1. The predicted octanol–water partition coefficient (Wildman–Crippen LogP) is 1.80. The van der Waals surface area contributed by atoms with E-state index in [0.29, 0.717) is 18.0 Å². The van der Waals surface area contributed by atoms with Gasteiger partial charge in [0.25, 0.3) is 0 Å². The zero-order valence-corrected chi connectivity index (χ0v) is 9.07. The van der Waals surface area contributed by atoms with Crippen molar-refractivity contribution in [2.75, 3.05) is 0 Å². The standard InChI is InChI=1S/C10H8N4OS/c11-5-6-1-2-7(15-6)9-14-8-10(16-9)13-4-3-12-8/h1-4H,5,11H2. The van der Waals surface area contributed by atoms with Crippen LogP contribution in [0.1, 0.15) is 5.76 Å². The maximum absolute atomic E-state index is 5.52. The average molecular weight is 232 g/mol. The van der Waals surface area contributed by atoms with Crippen molar-refractivity contribution in [3.63, 3.8) is 0 Å². The second-order valence-corrected chi connectivity index (χ2v) is 4.15. The highest BCUT2D eigenvalue weighted by Crippen LogP contribution is 2.28. The number of rotatable bonds is 2. The van der Waals surface area contributed by atoms with Crippen LogP contribution in [-0.4, -0.2) is 15.0 Å². The summed E-state index contributed by atoms with van der Waals surface area (Å²) < 4.78 is 5.52. The molecule has 0 fully saturated rings. The minimum absolute atomic E-state index is 0.390. The van der Waals surface area contributed by atoms with Crippen LogP contribution in [0, 0.1) is 0 Å². The fraction of sp³-hybridized carbons (Fsp3) is 0.100. The molecule has 3 heterocycles. The van der Waals surface area contributed by atoms with E-state index in [9.17, 15) is 0 Å². The van der Waals surface area contributed by atoms with Crippen LogP contribution >= 0.6 is 11.3 Å². The molecule has 0 aliphatic carbocycles. The van der Waals surface area contributed by atoms with Crippen molar-refractivity contribution in [1.82, 2.24) is 15.0 Å². The summed E-state index contributed by atoms with van der Waals surface area (Å²) >= 11 is 1.45. The highest BCUT2D eigenvalue weighted by molar-refractivity contribution is 7.21. The molecule has 0 saturated carbocycles. The van der Waals surface area contributed by atoms with E-state index in [1.165, 1.54) is 11.3 Å². The zero-order chi connectivity index (χ0) is 11.0. The molecule has 0 aliphatic rings.